The van der Waals surface area contributed by atoms with E-state index in [1.807, 2.05) is 30.3 Å². The smallest absolute Gasteiger partial charge is 0.281 e. The summed E-state index contributed by atoms with van der Waals surface area (Å²) in [5.41, 5.74) is 5.27. The summed E-state index contributed by atoms with van der Waals surface area (Å²) < 4.78 is 6.80. The molecule has 0 saturated carbocycles. The maximum atomic E-state index is 12.4. The van der Waals surface area contributed by atoms with Crippen LogP contribution in [0.2, 0.25) is 0 Å². The number of benzene rings is 2. The van der Waals surface area contributed by atoms with Crippen LogP contribution in [0.1, 0.15) is 20.8 Å². The lowest BCUT2D eigenvalue weighted by atomic mass is 10.1. The van der Waals surface area contributed by atoms with Crippen molar-refractivity contribution in [3.05, 3.63) is 67.4 Å². The topological polar surface area (TPSA) is 70.9 Å². The number of ether oxygens (including phenoxy) is 1. The summed E-state index contributed by atoms with van der Waals surface area (Å²) in [6.07, 6.45) is 1.51. The van der Waals surface area contributed by atoms with E-state index in [-0.39, 0.29) is 11.7 Å². The fourth-order valence-electron chi connectivity index (χ4n) is 2.69. The Morgan fingerprint density at radius 3 is 2.74 bits per heavy atom. The van der Waals surface area contributed by atoms with E-state index in [0.717, 1.165) is 27.3 Å². The zero-order valence-electron chi connectivity index (χ0n) is 13.7. The van der Waals surface area contributed by atoms with Gasteiger partial charge in [0.25, 0.3) is 5.91 Å². The molecule has 3 aromatic rings. The van der Waals surface area contributed by atoms with Crippen LogP contribution in [-0.4, -0.2) is 17.2 Å². The van der Waals surface area contributed by atoms with Gasteiger partial charge in [-0.2, -0.15) is 5.10 Å². The third kappa shape index (κ3) is 3.65. The fraction of sp³-hybridized carbons (Fsp3) is 0.0526. The Morgan fingerprint density at radius 2 is 1.96 bits per heavy atom. The molecule has 0 saturated heterocycles. The predicted octanol–water partition coefficient (Wildman–Crippen LogP) is 5.30. The van der Waals surface area contributed by atoms with Gasteiger partial charge in [-0.15, -0.1) is 11.3 Å². The van der Waals surface area contributed by atoms with Crippen molar-refractivity contribution >= 4 is 55.3 Å². The van der Waals surface area contributed by atoms with Crippen LogP contribution in [0.25, 0.3) is 10.4 Å². The molecule has 1 aliphatic heterocycles. The number of fused-ring (bicyclic) bond motifs is 3. The minimum atomic E-state index is -0.278. The van der Waals surface area contributed by atoms with Crippen LogP contribution in [0, 0.1) is 0 Å². The number of thiophene rings is 1. The van der Waals surface area contributed by atoms with E-state index in [2.05, 4.69) is 42.4 Å². The van der Waals surface area contributed by atoms with Gasteiger partial charge in [0.1, 0.15) is 18.1 Å². The number of nitrogens with zero attached hydrogens (tertiary/aromatic N) is 1. The van der Waals surface area contributed by atoms with E-state index < -0.39 is 0 Å². The first-order valence-corrected chi connectivity index (χ1v) is 10.3. The van der Waals surface area contributed by atoms with Gasteiger partial charge >= 0.3 is 0 Å². The number of aromatic hydroxyl groups is 1. The van der Waals surface area contributed by atoms with Gasteiger partial charge in [0.05, 0.1) is 20.0 Å². The highest BCUT2D eigenvalue weighted by molar-refractivity contribution is 9.11. The Morgan fingerprint density at radius 1 is 1.22 bits per heavy atom. The van der Waals surface area contributed by atoms with Crippen molar-refractivity contribution in [2.75, 3.05) is 0 Å². The van der Waals surface area contributed by atoms with Gasteiger partial charge in [0.2, 0.25) is 0 Å². The first kappa shape index (κ1) is 18.2. The molecule has 1 aliphatic rings. The lowest BCUT2D eigenvalue weighted by molar-refractivity contribution is 0.0959. The summed E-state index contributed by atoms with van der Waals surface area (Å²) in [4.78, 5) is 14.1. The van der Waals surface area contributed by atoms with Crippen LogP contribution in [0.4, 0.5) is 0 Å². The summed E-state index contributed by atoms with van der Waals surface area (Å²) in [7, 11) is 0. The Hall–Kier alpha value is -2.16. The molecule has 0 bridgehead atoms. The Balaban J connectivity index is 1.51. The van der Waals surface area contributed by atoms with Crippen molar-refractivity contribution in [3.63, 3.8) is 0 Å². The molecule has 2 heterocycles. The number of hydrogen-bond acceptors (Lipinski definition) is 5. The van der Waals surface area contributed by atoms with Gasteiger partial charge in [0, 0.05) is 16.0 Å². The van der Waals surface area contributed by atoms with Crippen molar-refractivity contribution in [2.45, 2.75) is 6.61 Å². The van der Waals surface area contributed by atoms with E-state index >= 15 is 0 Å². The van der Waals surface area contributed by atoms with Crippen molar-refractivity contribution < 1.29 is 14.6 Å². The van der Waals surface area contributed by atoms with E-state index in [9.17, 15) is 9.90 Å². The third-order valence-corrected chi connectivity index (χ3v) is 6.38. The molecule has 2 aromatic carbocycles. The summed E-state index contributed by atoms with van der Waals surface area (Å²) in [5, 5.41) is 13.7. The molecule has 4 rings (SSSR count). The van der Waals surface area contributed by atoms with Crippen molar-refractivity contribution in [1.29, 1.82) is 0 Å². The molecule has 0 fully saturated rings. The quantitative estimate of drug-likeness (QED) is 0.373. The second kappa shape index (κ2) is 7.46. The molecule has 0 atom stereocenters. The standard InChI is InChI=1S/C19H12Br2N2O3S/c20-13-5-10(6-14(21)17(13)24)8-22-23-19(25)16-7-11-9-26-15-4-2-1-3-12(15)18(11)27-16/h1-8,24H,9H2,(H,23,25). The monoisotopic (exact) mass is 506 g/mol. The molecule has 27 heavy (non-hydrogen) atoms. The van der Waals surface area contributed by atoms with E-state index in [1.54, 1.807) is 12.1 Å². The minimum Gasteiger partial charge on any atom is -0.506 e. The highest BCUT2D eigenvalue weighted by atomic mass is 79.9. The van der Waals surface area contributed by atoms with Gasteiger partial charge in [0.15, 0.2) is 0 Å². The van der Waals surface area contributed by atoms with Crippen LogP contribution < -0.4 is 10.2 Å². The first-order chi connectivity index (χ1) is 13.0. The van der Waals surface area contributed by atoms with E-state index in [4.69, 9.17) is 4.74 Å². The highest BCUT2D eigenvalue weighted by Gasteiger charge is 2.22. The Bertz CT molecular complexity index is 1060. The van der Waals surface area contributed by atoms with Crippen LogP contribution in [0.5, 0.6) is 11.5 Å². The zero-order valence-corrected chi connectivity index (χ0v) is 17.7. The molecule has 1 amide bonds. The molecule has 5 nitrogen and oxygen atoms in total. The molecular formula is C19H12Br2N2O3S. The highest BCUT2D eigenvalue weighted by Crippen LogP contribution is 2.42. The number of para-hydroxylation sites is 1. The molecule has 8 heteroatoms. The molecular weight excluding hydrogens is 496 g/mol. The lowest BCUT2D eigenvalue weighted by Crippen LogP contribution is -2.16. The SMILES string of the molecule is O=C(NN=Cc1cc(Br)c(O)c(Br)c1)c1cc2c(s1)-c1ccccc1OC2. The Kier molecular flexibility index (Phi) is 5.03. The zero-order chi connectivity index (χ0) is 19.0. The van der Waals surface area contributed by atoms with Crippen molar-refractivity contribution in [1.82, 2.24) is 5.43 Å². The van der Waals surface area contributed by atoms with E-state index in [1.165, 1.54) is 17.6 Å². The van der Waals surface area contributed by atoms with Crippen LogP contribution in [0.3, 0.4) is 0 Å². The van der Waals surface area contributed by atoms with E-state index in [0.29, 0.717) is 20.4 Å². The lowest BCUT2D eigenvalue weighted by Gasteiger charge is -2.16. The number of nitrogens with one attached hydrogen (secondary N) is 1. The first-order valence-electron chi connectivity index (χ1n) is 7.89. The maximum Gasteiger partial charge on any atom is 0.281 e. The number of rotatable bonds is 3. The second-order valence-corrected chi connectivity index (χ2v) is 8.54. The van der Waals surface area contributed by atoms with Crippen LogP contribution >= 0.6 is 43.2 Å². The second-order valence-electron chi connectivity index (χ2n) is 5.78. The molecule has 0 radical (unpaired) electrons. The average Bonchev–Trinajstić information content (AvgIpc) is 3.11. The van der Waals surface area contributed by atoms with Crippen LogP contribution in [-0.2, 0) is 6.61 Å². The molecule has 2 N–H and O–H groups in total. The number of halogens is 2. The molecule has 0 aliphatic carbocycles. The number of amides is 1. The normalized spacial score (nSPS) is 12.4. The predicted molar refractivity (Wildman–Crippen MR) is 113 cm³/mol. The number of phenolic OH excluding ortho intramolecular Hbond substituents is 1. The summed E-state index contributed by atoms with van der Waals surface area (Å²) in [6, 6.07) is 13.0. The number of carbonyl (C=O) groups is 1. The fourth-order valence-corrected chi connectivity index (χ4v) is 5.00. The number of hydrogen-bond donors (Lipinski definition) is 2. The largest absolute Gasteiger partial charge is 0.506 e. The van der Waals surface area contributed by atoms with Gasteiger partial charge in [-0.25, -0.2) is 5.43 Å². The van der Waals surface area contributed by atoms with Crippen molar-refractivity contribution in [2.24, 2.45) is 5.10 Å². The van der Waals surface area contributed by atoms with Gasteiger partial charge in [-0.3, -0.25) is 4.79 Å². The van der Waals surface area contributed by atoms with Crippen molar-refractivity contribution in [3.8, 4) is 21.9 Å². The van der Waals surface area contributed by atoms with Gasteiger partial charge < -0.3 is 9.84 Å². The maximum absolute atomic E-state index is 12.4. The molecule has 0 unspecified atom stereocenters. The molecule has 136 valence electrons. The summed E-state index contributed by atoms with van der Waals surface area (Å²) >= 11 is 7.95. The number of phenols is 1. The third-order valence-electron chi connectivity index (χ3n) is 3.97. The molecule has 0 spiro atoms. The molecule has 1 aromatic heterocycles. The Labute approximate surface area is 175 Å². The minimum absolute atomic E-state index is 0.114. The number of hydrazone groups is 1. The summed E-state index contributed by atoms with van der Waals surface area (Å²) in [5.74, 6) is 0.670. The van der Waals surface area contributed by atoms with Gasteiger partial charge in [-0.05, 0) is 67.8 Å². The average molecular weight is 508 g/mol. The summed E-state index contributed by atoms with van der Waals surface area (Å²) in [6.45, 7) is 0.453. The number of carbonyl (C=O) groups excluding carboxylic acids is 1. The van der Waals surface area contributed by atoms with Crippen LogP contribution in [0.15, 0.2) is 56.5 Å². The van der Waals surface area contributed by atoms with Gasteiger partial charge in [-0.1, -0.05) is 12.1 Å².